The predicted octanol–water partition coefficient (Wildman–Crippen LogP) is 2.58. The number of nitrogens with zero attached hydrogens (tertiary/aromatic N) is 5. The van der Waals surface area contributed by atoms with Gasteiger partial charge in [-0.2, -0.15) is 10.1 Å². The largest absolute Gasteiger partial charge is 0.481 e. The summed E-state index contributed by atoms with van der Waals surface area (Å²) in [7, 11) is 3.62. The molecule has 7 heteroatoms. The fraction of sp³-hybridized carbons (Fsp3) is 0.688. The molecular formula is C16H25N5O2. The maximum atomic E-state index is 5.59. The molecule has 0 aromatic carbocycles. The van der Waals surface area contributed by atoms with Gasteiger partial charge in [-0.15, -0.1) is 0 Å². The summed E-state index contributed by atoms with van der Waals surface area (Å²) >= 11 is 0. The lowest BCUT2D eigenvalue weighted by Crippen LogP contribution is -2.27. The fourth-order valence-corrected chi connectivity index (χ4v) is 3.56. The van der Waals surface area contributed by atoms with E-state index in [0.717, 1.165) is 43.2 Å². The third-order valence-corrected chi connectivity index (χ3v) is 4.69. The molecule has 2 aromatic rings. The van der Waals surface area contributed by atoms with E-state index >= 15 is 0 Å². The van der Waals surface area contributed by atoms with Gasteiger partial charge in [-0.05, 0) is 33.2 Å². The first kappa shape index (κ1) is 16.0. The van der Waals surface area contributed by atoms with Crippen LogP contribution in [0.1, 0.15) is 61.7 Å². The van der Waals surface area contributed by atoms with E-state index in [4.69, 9.17) is 9.26 Å². The topological polar surface area (TPSA) is 69.2 Å². The Morgan fingerprint density at radius 3 is 2.87 bits per heavy atom. The summed E-state index contributed by atoms with van der Waals surface area (Å²) in [4.78, 5) is 6.92. The van der Waals surface area contributed by atoms with Gasteiger partial charge >= 0.3 is 0 Å². The van der Waals surface area contributed by atoms with Crippen LogP contribution in [0.15, 0.2) is 4.52 Å². The minimum atomic E-state index is 0.0830. The number of hydrogen-bond acceptors (Lipinski definition) is 6. The zero-order valence-electron chi connectivity index (χ0n) is 14.5. The Kier molecular flexibility index (Phi) is 4.39. The maximum Gasteiger partial charge on any atom is 0.243 e. The van der Waals surface area contributed by atoms with E-state index < -0.39 is 0 Å². The van der Waals surface area contributed by atoms with E-state index in [1.54, 1.807) is 7.11 Å². The van der Waals surface area contributed by atoms with Crippen LogP contribution in [-0.4, -0.2) is 38.5 Å². The first-order valence-electron chi connectivity index (χ1n) is 8.22. The first-order valence-corrected chi connectivity index (χ1v) is 8.22. The molecule has 0 N–H and O–H groups in total. The Morgan fingerprint density at radius 1 is 1.43 bits per heavy atom. The molecule has 3 heterocycles. The van der Waals surface area contributed by atoms with E-state index in [1.165, 1.54) is 5.56 Å². The third-order valence-electron chi connectivity index (χ3n) is 4.69. The Labute approximate surface area is 136 Å². The van der Waals surface area contributed by atoms with Gasteiger partial charge < -0.3 is 9.26 Å². The van der Waals surface area contributed by atoms with E-state index in [-0.39, 0.29) is 12.1 Å². The summed E-state index contributed by atoms with van der Waals surface area (Å²) in [6, 6.07) is 0.352. The molecule has 126 valence electrons. The monoisotopic (exact) mass is 319 g/mol. The van der Waals surface area contributed by atoms with E-state index in [9.17, 15) is 0 Å². The number of methoxy groups -OCH3 is 1. The smallest absolute Gasteiger partial charge is 0.243 e. The second kappa shape index (κ2) is 6.31. The quantitative estimate of drug-likeness (QED) is 0.843. The van der Waals surface area contributed by atoms with Crippen molar-refractivity contribution in [2.75, 3.05) is 13.7 Å². The van der Waals surface area contributed by atoms with Crippen molar-refractivity contribution in [1.29, 1.82) is 0 Å². The lowest BCUT2D eigenvalue weighted by Gasteiger charge is -2.28. The van der Waals surface area contributed by atoms with Gasteiger partial charge in [-0.3, -0.25) is 4.90 Å². The molecule has 0 saturated carbocycles. The SMILES string of the molecule is CCc1noc([C@@H](C)N2CCC[C@@H]2c2c(C)nn(C)c2OC)n1. The minimum Gasteiger partial charge on any atom is -0.481 e. The van der Waals surface area contributed by atoms with Crippen molar-refractivity contribution < 1.29 is 9.26 Å². The second-order valence-corrected chi connectivity index (χ2v) is 6.11. The molecule has 0 spiro atoms. The maximum absolute atomic E-state index is 5.59. The normalized spacial score (nSPS) is 20.1. The molecule has 1 saturated heterocycles. The Balaban J connectivity index is 1.91. The van der Waals surface area contributed by atoms with Crippen LogP contribution in [0.2, 0.25) is 0 Å². The lowest BCUT2D eigenvalue weighted by molar-refractivity contribution is 0.156. The number of aromatic nitrogens is 4. The molecule has 2 aromatic heterocycles. The average Bonchev–Trinajstić information content (AvgIpc) is 3.24. The van der Waals surface area contributed by atoms with Crippen molar-refractivity contribution in [3.8, 4) is 5.88 Å². The highest BCUT2D eigenvalue weighted by Crippen LogP contribution is 2.42. The summed E-state index contributed by atoms with van der Waals surface area (Å²) in [5.41, 5.74) is 2.20. The van der Waals surface area contributed by atoms with Gasteiger partial charge in [0.05, 0.1) is 24.4 Å². The van der Waals surface area contributed by atoms with Gasteiger partial charge in [0.1, 0.15) is 0 Å². The highest BCUT2D eigenvalue weighted by molar-refractivity contribution is 5.35. The highest BCUT2D eigenvalue weighted by Gasteiger charge is 2.36. The minimum absolute atomic E-state index is 0.0830. The molecule has 1 aliphatic heterocycles. The van der Waals surface area contributed by atoms with Crippen molar-refractivity contribution in [2.24, 2.45) is 7.05 Å². The van der Waals surface area contributed by atoms with Gasteiger partial charge in [0.25, 0.3) is 0 Å². The second-order valence-electron chi connectivity index (χ2n) is 6.11. The van der Waals surface area contributed by atoms with Crippen molar-refractivity contribution >= 4 is 0 Å². The summed E-state index contributed by atoms with van der Waals surface area (Å²) in [6.07, 6.45) is 3.01. The molecule has 3 rings (SSSR count). The molecule has 1 aliphatic rings. The molecule has 1 fully saturated rings. The van der Waals surface area contributed by atoms with E-state index in [2.05, 4.69) is 27.1 Å². The molecule has 7 nitrogen and oxygen atoms in total. The molecule has 0 unspecified atom stereocenters. The molecule has 0 aliphatic carbocycles. The van der Waals surface area contributed by atoms with Gasteiger partial charge in [0.15, 0.2) is 5.82 Å². The van der Waals surface area contributed by atoms with Crippen molar-refractivity contribution in [3.63, 3.8) is 0 Å². The van der Waals surface area contributed by atoms with Crippen LogP contribution >= 0.6 is 0 Å². The van der Waals surface area contributed by atoms with E-state index in [0.29, 0.717) is 5.89 Å². The van der Waals surface area contributed by atoms with Crippen LogP contribution in [0.25, 0.3) is 0 Å². The van der Waals surface area contributed by atoms with Crippen LogP contribution in [0.4, 0.5) is 0 Å². The molecular weight excluding hydrogens is 294 g/mol. The molecule has 0 bridgehead atoms. The van der Waals surface area contributed by atoms with Gasteiger partial charge in [0, 0.05) is 19.5 Å². The van der Waals surface area contributed by atoms with Crippen LogP contribution in [0.3, 0.4) is 0 Å². The van der Waals surface area contributed by atoms with Crippen molar-refractivity contribution in [3.05, 3.63) is 23.0 Å². The predicted molar refractivity (Wildman–Crippen MR) is 85.3 cm³/mol. The first-order chi connectivity index (χ1) is 11.1. The zero-order valence-corrected chi connectivity index (χ0v) is 14.5. The highest BCUT2D eigenvalue weighted by atomic mass is 16.5. The number of ether oxygens (including phenoxy) is 1. The average molecular weight is 319 g/mol. The lowest BCUT2D eigenvalue weighted by atomic mass is 10.0. The van der Waals surface area contributed by atoms with Crippen LogP contribution in [0, 0.1) is 6.92 Å². The summed E-state index contributed by atoms with van der Waals surface area (Å²) < 4.78 is 12.9. The summed E-state index contributed by atoms with van der Waals surface area (Å²) in [6.45, 7) is 7.21. The van der Waals surface area contributed by atoms with Crippen molar-refractivity contribution in [2.45, 2.75) is 52.1 Å². The third kappa shape index (κ3) is 2.73. The van der Waals surface area contributed by atoms with Gasteiger partial charge in [0.2, 0.25) is 11.8 Å². The Hall–Kier alpha value is -1.89. The van der Waals surface area contributed by atoms with Crippen molar-refractivity contribution in [1.82, 2.24) is 24.8 Å². The molecule has 0 amide bonds. The van der Waals surface area contributed by atoms with Gasteiger partial charge in [-0.1, -0.05) is 12.1 Å². The van der Waals surface area contributed by atoms with Crippen LogP contribution in [-0.2, 0) is 13.5 Å². The van der Waals surface area contributed by atoms with E-state index in [1.807, 2.05) is 25.6 Å². The Morgan fingerprint density at radius 2 is 2.22 bits per heavy atom. The number of likely N-dealkylation sites (tertiary alicyclic amines) is 1. The molecule has 23 heavy (non-hydrogen) atoms. The number of aryl methyl sites for hydroxylation is 3. The summed E-state index contributed by atoms with van der Waals surface area (Å²) in [5, 5.41) is 8.55. The van der Waals surface area contributed by atoms with Crippen LogP contribution in [0.5, 0.6) is 5.88 Å². The van der Waals surface area contributed by atoms with Crippen LogP contribution < -0.4 is 4.74 Å². The zero-order chi connectivity index (χ0) is 16.6. The van der Waals surface area contributed by atoms with Gasteiger partial charge in [-0.25, -0.2) is 4.68 Å². The molecule has 0 radical (unpaired) electrons. The standard InChI is InChI=1S/C16H25N5O2/c1-6-13-17-15(23-19-13)11(3)21-9-7-8-12(21)14-10(2)18-20(4)16(14)22-5/h11-12H,6-9H2,1-5H3/t11-,12-/m1/s1. The molecule has 2 atom stereocenters. The number of rotatable bonds is 5. The Bertz CT molecular complexity index is 678. The number of hydrogen-bond donors (Lipinski definition) is 0. The fourth-order valence-electron chi connectivity index (χ4n) is 3.56. The summed E-state index contributed by atoms with van der Waals surface area (Å²) in [5.74, 6) is 2.29.